The number of hydrogen-bond acceptors (Lipinski definition) is 6. The van der Waals surface area contributed by atoms with Crippen LogP contribution in [0.15, 0.2) is 58.3 Å². The summed E-state index contributed by atoms with van der Waals surface area (Å²) >= 11 is 9.42. The second-order valence-corrected chi connectivity index (χ2v) is 7.29. The molecule has 0 spiro atoms. The lowest BCUT2D eigenvalue weighted by atomic mass is 10.1. The van der Waals surface area contributed by atoms with E-state index in [1.807, 2.05) is 0 Å². The molecule has 0 aliphatic carbocycles. The zero-order chi connectivity index (χ0) is 21.0. The molecule has 3 rings (SSSR count). The number of aromatic nitrogens is 2. The van der Waals surface area contributed by atoms with Crippen molar-refractivity contribution in [2.45, 2.75) is 13.7 Å². The molecule has 0 saturated heterocycles. The van der Waals surface area contributed by atoms with Gasteiger partial charge in [-0.05, 0) is 42.8 Å². The summed E-state index contributed by atoms with van der Waals surface area (Å²) in [5.74, 6) is -0.227. The van der Waals surface area contributed by atoms with Gasteiger partial charge in [-0.15, -0.1) is 0 Å². The van der Waals surface area contributed by atoms with Crippen LogP contribution in [0, 0.1) is 6.92 Å². The number of carbonyl (C=O) groups excluding carboxylic acids is 1. The molecular weight excluding hydrogens is 462 g/mol. The van der Waals surface area contributed by atoms with Gasteiger partial charge in [0, 0.05) is 21.9 Å². The van der Waals surface area contributed by atoms with E-state index in [0.717, 1.165) is 10.0 Å². The van der Waals surface area contributed by atoms with Crippen LogP contribution in [0.5, 0.6) is 5.75 Å². The van der Waals surface area contributed by atoms with Crippen LogP contribution in [0.4, 0.5) is 5.69 Å². The molecule has 0 aliphatic heterocycles. The summed E-state index contributed by atoms with van der Waals surface area (Å²) < 4.78 is 7.85. The number of anilines is 1. The molecule has 150 valence electrons. The second-order valence-electron chi connectivity index (χ2n) is 5.96. The Morgan fingerprint density at radius 3 is 2.86 bits per heavy atom. The van der Waals surface area contributed by atoms with Gasteiger partial charge in [-0.2, -0.15) is 5.10 Å². The maximum Gasteiger partial charge on any atom is 0.385 e. The highest BCUT2D eigenvalue weighted by Gasteiger charge is 2.13. The average Bonchev–Trinajstić information content (AvgIpc) is 3.16. The van der Waals surface area contributed by atoms with Gasteiger partial charge in [0.2, 0.25) is 0 Å². The molecule has 0 radical (unpaired) electrons. The first-order valence-corrected chi connectivity index (χ1v) is 9.54. The summed E-state index contributed by atoms with van der Waals surface area (Å²) in [5.41, 5.74) is 13.7. The molecule has 29 heavy (non-hydrogen) atoms. The first-order chi connectivity index (χ1) is 13.8. The monoisotopic (exact) mass is 477 g/mol. The van der Waals surface area contributed by atoms with E-state index in [-0.39, 0.29) is 18.3 Å². The fourth-order valence-corrected chi connectivity index (χ4v) is 3.12. The molecule has 0 amide bonds. The van der Waals surface area contributed by atoms with Crippen molar-refractivity contribution in [2.24, 2.45) is 10.9 Å². The Labute approximate surface area is 180 Å². The summed E-state index contributed by atoms with van der Waals surface area (Å²) in [7, 11) is 0. The Bertz CT molecular complexity index is 1080. The summed E-state index contributed by atoms with van der Waals surface area (Å²) in [6, 6.07) is 11.9. The van der Waals surface area contributed by atoms with E-state index in [1.54, 1.807) is 49.5 Å². The number of nitrogens with zero attached hydrogens (tertiary/aromatic N) is 3. The van der Waals surface area contributed by atoms with Gasteiger partial charge in [-0.25, -0.2) is 9.48 Å². The molecule has 3 aromatic rings. The van der Waals surface area contributed by atoms with Gasteiger partial charge in [-0.1, -0.05) is 44.8 Å². The van der Waals surface area contributed by atoms with E-state index >= 15 is 0 Å². The van der Waals surface area contributed by atoms with Gasteiger partial charge < -0.3 is 21.0 Å². The van der Waals surface area contributed by atoms with Crippen molar-refractivity contribution in [3.05, 3.63) is 75.0 Å². The molecule has 2 aromatic carbocycles. The standard InChI is InChI=1S/C19H17BrClN5O3/c1-11-13(3-2-4-15(11)22)18(23)25-29-19(27)16-7-8-26(24-16)10-28-17-6-5-12(20)9-14(17)21/h2-9H,10,22H2,1H3,(H2,23,25). The lowest BCUT2D eigenvalue weighted by Crippen LogP contribution is -2.17. The third kappa shape index (κ3) is 5.07. The molecule has 1 aromatic heterocycles. The summed E-state index contributed by atoms with van der Waals surface area (Å²) in [6.07, 6.45) is 1.57. The van der Waals surface area contributed by atoms with Crippen molar-refractivity contribution in [1.29, 1.82) is 0 Å². The maximum atomic E-state index is 12.2. The topological polar surface area (TPSA) is 118 Å². The van der Waals surface area contributed by atoms with Crippen LogP contribution in [0.2, 0.25) is 5.02 Å². The second kappa shape index (κ2) is 8.97. The first kappa shape index (κ1) is 20.7. The number of halogens is 2. The summed E-state index contributed by atoms with van der Waals surface area (Å²) in [4.78, 5) is 17.0. The smallest absolute Gasteiger partial charge is 0.385 e. The number of ether oxygens (including phenoxy) is 1. The molecule has 8 nitrogen and oxygen atoms in total. The maximum absolute atomic E-state index is 12.2. The van der Waals surface area contributed by atoms with Gasteiger partial charge in [-0.3, -0.25) is 0 Å². The molecule has 0 aliphatic rings. The highest BCUT2D eigenvalue weighted by molar-refractivity contribution is 9.10. The highest BCUT2D eigenvalue weighted by atomic mass is 79.9. The van der Waals surface area contributed by atoms with E-state index in [9.17, 15) is 4.79 Å². The number of benzene rings is 2. The number of hydrogen-bond donors (Lipinski definition) is 2. The number of oxime groups is 1. The zero-order valence-corrected chi connectivity index (χ0v) is 17.6. The normalized spacial score (nSPS) is 11.3. The molecule has 0 bridgehead atoms. The molecule has 0 fully saturated rings. The van der Waals surface area contributed by atoms with Crippen molar-refractivity contribution >= 4 is 45.0 Å². The number of carbonyl (C=O) groups is 1. The van der Waals surface area contributed by atoms with E-state index < -0.39 is 5.97 Å². The number of amidine groups is 1. The predicted octanol–water partition coefficient (Wildman–Crippen LogP) is 3.70. The van der Waals surface area contributed by atoms with Gasteiger partial charge in [0.1, 0.15) is 5.75 Å². The van der Waals surface area contributed by atoms with Gasteiger partial charge in [0.05, 0.1) is 5.02 Å². The fourth-order valence-electron chi connectivity index (χ4n) is 2.39. The largest absolute Gasteiger partial charge is 0.470 e. The Morgan fingerprint density at radius 1 is 1.31 bits per heavy atom. The molecule has 4 N–H and O–H groups in total. The molecule has 10 heteroatoms. The fraction of sp³-hybridized carbons (Fsp3) is 0.105. The van der Waals surface area contributed by atoms with Crippen molar-refractivity contribution in [3.63, 3.8) is 0 Å². The highest BCUT2D eigenvalue weighted by Crippen LogP contribution is 2.27. The van der Waals surface area contributed by atoms with Crippen LogP contribution in [0.3, 0.4) is 0 Å². The Morgan fingerprint density at radius 2 is 2.10 bits per heavy atom. The number of rotatable bonds is 6. The first-order valence-electron chi connectivity index (χ1n) is 8.36. The lowest BCUT2D eigenvalue weighted by molar-refractivity contribution is 0.0507. The lowest BCUT2D eigenvalue weighted by Gasteiger charge is -2.08. The average molecular weight is 479 g/mol. The van der Waals surface area contributed by atoms with Gasteiger partial charge in [0.15, 0.2) is 18.3 Å². The Balaban J connectivity index is 1.62. The molecule has 0 unspecified atom stereocenters. The van der Waals surface area contributed by atoms with Crippen LogP contribution >= 0.6 is 27.5 Å². The zero-order valence-electron chi connectivity index (χ0n) is 15.3. The molecule has 0 saturated carbocycles. The van der Waals surface area contributed by atoms with Crippen molar-refractivity contribution in [3.8, 4) is 5.75 Å². The van der Waals surface area contributed by atoms with E-state index in [2.05, 4.69) is 26.2 Å². The number of nitrogen functional groups attached to an aromatic ring is 1. The van der Waals surface area contributed by atoms with Crippen LogP contribution in [-0.2, 0) is 11.6 Å². The van der Waals surface area contributed by atoms with Crippen LogP contribution in [-0.4, -0.2) is 21.6 Å². The van der Waals surface area contributed by atoms with Crippen molar-refractivity contribution < 1.29 is 14.4 Å². The SMILES string of the molecule is Cc1c(N)cccc1/C(N)=N/OC(=O)c1ccn(COc2ccc(Br)cc2Cl)n1. The predicted molar refractivity (Wildman–Crippen MR) is 114 cm³/mol. The quantitative estimate of drug-likeness (QED) is 0.183. The van der Waals surface area contributed by atoms with Crippen molar-refractivity contribution in [1.82, 2.24) is 9.78 Å². The minimum absolute atomic E-state index is 0.0378. The van der Waals surface area contributed by atoms with Gasteiger partial charge >= 0.3 is 5.97 Å². The van der Waals surface area contributed by atoms with E-state index in [1.165, 1.54) is 10.7 Å². The minimum atomic E-state index is -0.755. The van der Waals surface area contributed by atoms with Crippen LogP contribution < -0.4 is 16.2 Å². The Hall–Kier alpha value is -3.04. The molecule has 1 heterocycles. The van der Waals surface area contributed by atoms with E-state index in [4.69, 9.17) is 32.6 Å². The van der Waals surface area contributed by atoms with E-state index in [0.29, 0.717) is 22.0 Å². The van der Waals surface area contributed by atoms with Gasteiger partial charge in [0.25, 0.3) is 0 Å². The Kier molecular flexibility index (Phi) is 6.40. The third-order valence-corrected chi connectivity index (χ3v) is 4.76. The van der Waals surface area contributed by atoms with Crippen LogP contribution in [0.1, 0.15) is 21.6 Å². The number of nitrogens with two attached hydrogens (primary N) is 2. The van der Waals surface area contributed by atoms with Crippen LogP contribution in [0.25, 0.3) is 0 Å². The summed E-state index contributed by atoms with van der Waals surface area (Å²) in [5, 5.41) is 8.22. The van der Waals surface area contributed by atoms with Crippen molar-refractivity contribution in [2.75, 3.05) is 5.73 Å². The third-order valence-electron chi connectivity index (χ3n) is 3.97. The summed E-state index contributed by atoms with van der Waals surface area (Å²) in [6.45, 7) is 1.86. The molecule has 0 atom stereocenters. The molecular formula is C19H17BrClN5O3. The minimum Gasteiger partial charge on any atom is -0.470 e.